The molecule has 0 unspecified atom stereocenters. The summed E-state index contributed by atoms with van der Waals surface area (Å²) in [5.41, 5.74) is -0.854. The molecule has 1 aromatic rings. The van der Waals surface area contributed by atoms with Crippen LogP contribution in [0.1, 0.15) is 12.1 Å². The zero-order chi connectivity index (χ0) is 15.7. The van der Waals surface area contributed by atoms with Crippen molar-refractivity contribution < 1.29 is 19.1 Å². The van der Waals surface area contributed by atoms with Crippen molar-refractivity contribution in [1.29, 1.82) is 0 Å². The molecule has 0 amide bonds. The Balaban J connectivity index is 3.18. The number of rotatable bonds is 7. The smallest absolute Gasteiger partial charge is 0.323 e. The molecule has 1 rings (SSSR count). The summed E-state index contributed by atoms with van der Waals surface area (Å²) in [6.07, 6.45) is 5.17. The number of nitrogens with zero attached hydrogens (tertiary/aromatic N) is 1. The molecule has 6 heteroatoms. The molecular weight excluding hydrogens is 294 g/mol. The number of carbonyl (C=O) groups excluding carboxylic acids is 2. The van der Waals surface area contributed by atoms with E-state index < -0.39 is 17.4 Å². The molecule has 0 aliphatic carbocycles. The van der Waals surface area contributed by atoms with Gasteiger partial charge in [0.2, 0.25) is 0 Å². The maximum atomic E-state index is 12.2. The van der Waals surface area contributed by atoms with Crippen LogP contribution in [0.15, 0.2) is 36.5 Å². The molecule has 0 aliphatic heterocycles. The molecule has 0 atom stereocenters. The molecule has 0 aliphatic rings. The average molecular weight is 312 g/mol. The Labute approximate surface area is 128 Å². The van der Waals surface area contributed by atoms with Crippen LogP contribution in [-0.2, 0) is 25.5 Å². The molecule has 114 valence electrons. The number of methoxy groups -OCH3 is 2. The fraction of sp³-hybridized carbons (Fsp3) is 0.400. The Morgan fingerprint density at radius 2 is 1.90 bits per heavy atom. The predicted molar refractivity (Wildman–Crippen MR) is 78.9 cm³/mol. The van der Waals surface area contributed by atoms with Gasteiger partial charge in [-0.2, -0.15) is 0 Å². The number of hydrogen-bond donors (Lipinski definition) is 0. The van der Waals surface area contributed by atoms with Crippen molar-refractivity contribution in [1.82, 2.24) is 4.98 Å². The van der Waals surface area contributed by atoms with Gasteiger partial charge in [-0.05, 0) is 18.6 Å². The van der Waals surface area contributed by atoms with Gasteiger partial charge in [-0.3, -0.25) is 14.6 Å². The number of carbonyl (C=O) groups is 2. The van der Waals surface area contributed by atoms with E-state index in [4.69, 9.17) is 21.1 Å². The lowest BCUT2D eigenvalue weighted by atomic mass is 9.79. The molecule has 0 bridgehead atoms. The van der Waals surface area contributed by atoms with Crippen molar-refractivity contribution in [3.63, 3.8) is 0 Å². The van der Waals surface area contributed by atoms with E-state index in [0.29, 0.717) is 11.6 Å². The molecule has 0 aromatic carbocycles. The van der Waals surface area contributed by atoms with Gasteiger partial charge < -0.3 is 9.47 Å². The van der Waals surface area contributed by atoms with E-state index >= 15 is 0 Å². The Hall–Kier alpha value is -1.88. The second kappa shape index (κ2) is 8.42. The summed E-state index contributed by atoms with van der Waals surface area (Å²) >= 11 is 5.59. The largest absolute Gasteiger partial charge is 0.468 e. The minimum Gasteiger partial charge on any atom is -0.468 e. The van der Waals surface area contributed by atoms with Crippen molar-refractivity contribution in [3.8, 4) is 0 Å². The van der Waals surface area contributed by atoms with Crippen LogP contribution in [0.4, 0.5) is 0 Å². The third kappa shape index (κ3) is 4.29. The highest BCUT2D eigenvalue weighted by Gasteiger charge is 2.47. The molecule has 0 saturated carbocycles. The zero-order valence-corrected chi connectivity index (χ0v) is 12.8. The van der Waals surface area contributed by atoms with Crippen molar-refractivity contribution in [2.45, 2.75) is 12.8 Å². The zero-order valence-electron chi connectivity index (χ0n) is 12.0. The highest BCUT2D eigenvalue weighted by molar-refractivity contribution is 6.18. The monoisotopic (exact) mass is 311 g/mol. The van der Waals surface area contributed by atoms with Gasteiger partial charge in [-0.25, -0.2) is 0 Å². The molecule has 1 aromatic heterocycles. The lowest BCUT2D eigenvalue weighted by molar-refractivity contribution is -0.169. The topological polar surface area (TPSA) is 65.5 Å². The summed E-state index contributed by atoms with van der Waals surface area (Å²) in [6, 6.07) is 5.29. The quantitative estimate of drug-likeness (QED) is 0.334. The summed E-state index contributed by atoms with van der Waals surface area (Å²) in [5.74, 6) is -1.01. The maximum absolute atomic E-state index is 12.2. The summed E-state index contributed by atoms with van der Waals surface area (Å²) in [4.78, 5) is 28.6. The SMILES string of the molecule is COC(=O)C(C/C=C/CCl)(Cc1ccccn1)C(=O)OC. The Morgan fingerprint density at radius 1 is 1.24 bits per heavy atom. The van der Waals surface area contributed by atoms with E-state index in [0.717, 1.165) is 0 Å². The molecular formula is C15H18ClNO4. The average Bonchev–Trinajstić information content (AvgIpc) is 2.53. The standard InChI is InChI=1S/C15H18ClNO4/c1-20-13(18)15(14(19)21-2,8-4-5-9-16)11-12-7-3-6-10-17-12/h3-7,10H,8-9,11H2,1-2H3/b5-4+. The Kier molecular flexibility index (Phi) is 6.88. The number of halogens is 1. The number of esters is 2. The van der Waals surface area contributed by atoms with Gasteiger partial charge in [-0.1, -0.05) is 18.2 Å². The van der Waals surface area contributed by atoms with E-state index in [9.17, 15) is 9.59 Å². The molecule has 0 spiro atoms. The van der Waals surface area contributed by atoms with Crippen LogP contribution in [0.3, 0.4) is 0 Å². The number of allylic oxidation sites excluding steroid dienone is 2. The van der Waals surface area contributed by atoms with Gasteiger partial charge in [0.25, 0.3) is 0 Å². The van der Waals surface area contributed by atoms with E-state index in [1.807, 2.05) is 0 Å². The minimum absolute atomic E-state index is 0.0970. The van der Waals surface area contributed by atoms with E-state index in [1.165, 1.54) is 14.2 Å². The number of alkyl halides is 1. The number of hydrogen-bond acceptors (Lipinski definition) is 5. The normalized spacial score (nSPS) is 11.4. The van der Waals surface area contributed by atoms with Crippen LogP contribution < -0.4 is 0 Å². The first-order chi connectivity index (χ1) is 10.1. The van der Waals surface area contributed by atoms with Crippen LogP contribution in [0, 0.1) is 5.41 Å². The fourth-order valence-corrected chi connectivity index (χ4v) is 2.14. The van der Waals surface area contributed by atoms with E-state index in [1.54, 1.807) is 36.5 Å². The van der Waals surface area contributed by atoms with Crippen LogP contribution >= 0.6 is 11.6 Å². The predicted octanol–water partition coefficient (Wildman–Crippen LogP) is 2.14. The summed E-state index contributed by atoms with van der Waals surface area (Å²) < 4.78 is 9.61. The molecule has 0 saturated heterocycles. The van der Waals surface area contributed by atoms with Crippen LogP contribution in [-0.4, -0.2) is 37.0 Å². The van der Waals surface area contributed by atoms with E-state index in [-0.39, 0.29) is 12.8 Å². The van der Waals surface area contributed by atoms with Gasteiger partial charge in [0.1, 0.15) is 0 Å². The highest BCUT2D eigenvalue weighted by atomic mass is 35.5. The van der Waals surface area contributed by atoms with Crippen molar-refractivity contribution in [2.75, 3.05) is 20.1 Å². The lowest BCUT2D eigenvalue weighted by Crippen LogP contribution is -2.43. The lowest BCUT2D eigenvalue weighted by Gasteiger charge is -2.26. The van der Waals surface area contributed by atoms with Crippen LogP contribution in [0.2, 0.25) is 0 Å². The highest BCUT2D eigenvalue weighted by Crippen LogP contribution is 2.31. The maximum Gasteiger partial charge on any atom is 0.323 e. The fourth-order valence-electron chi connectivity index (χ4n) is 2.02. The second-order valence-electron chi connectivity index (χ2n) is 4.39. The Morgan fingerprint density at radius 3 is 2.38 bits per heavy atom. The third-order valence-corrected chi connectivity index (χ3v) is 3.26. The van der Waals surface area contributed by atoms with Gasteiger partial charge in [0.05, 0.1) is 14.2 Å². The number of aromatic nitrogens is 1. The van der Waals surface area contributed by atoms with Crippen LogP contribution in [0.25, 0.3) is 0 Å². The second-order valence-corrected chi connectivity index (χ2v) is 4.70. The number of pyridine rings is 1. The third-order valence-electron chi connectivity index (χ3n) is 3.08. The Bertz CT molecular complexity index is 486. The van der Waals surface area contributed by atoms with Gasteiger partial charge in [0, 0.05) is 24.2 Å². The minimum atomic E-state index is -1.46. The summed E-state index contributed by atoms with van der Waals surface area (Å²) in [6.45, 7) is 0. The first kappa shape index (κ1) is 17.2. The van der Waals surface area contributed by atoms with Gasteiger partial charge in [-0.15, -0.1) is 11.6 Å². The van der Waals surface area contributed by atoms with Crippen molar-refractivity contribution in [2.24, 2.45) is 5.41 Å². The van der Waals surface area contributed by atoms with Crippen LogP contribution in [0.5, 0.6) is 0 Å². The molecule has 0 fully saturated rings. The van der Waals surface area contributed by atoms with E-state index in [2.05, 4.69) is 4.98 Å². The molecule has 5 nitrogen and oxygen atoms in total. The van der Waals surface area contributed by atoms with Crippen molar-refractivity contribution in [3.05, 3.63) is 42.2 Å². The molecule has 1 heterocycles. The summed E-state index contributed by atoms with van der Waals surface area (Å²) in [7, 11) is 2.48. The van der Waals surface area contributed by atoms with Crippen molar-refractivity contribution >= 4 is 23.5 Å². The molecule has 21 heavy (non-hydrogen) atoms. The molecule has 0 radical (unpaired) electrons. The summed E-state index contributed by atoms with van der Waals surface area (Å²) in [5, 5.41) is 0. The number of ether oxygens (including phenoxy) is 2. The molecule has 0 N–H and O–H groups in total. The first-order valence-corrected chi connectivity index (χ1v) is 6.92. The first-order valence-electron chi connectivity index (χ1n) is 6.38. The van der Waals surface area contributed by atoms with Gasteiger partial charge >= 0.3 is 11.9 Å². The van der Waals surface area contributed by atoms with Gasteiger partial charge in [0.15, 0.2) is 5.41 Å².